The second-order valence-corrected chi connectivity index (χ2v) is 3.58. The zero-order chi connectivity index (χ0) is 11.6. The van der Waals surface area contributed by atoms with Gasteiger partial charge in [0.05, 0.1) is 0 Å². The van der Waals surface area contributed by atoms with Gasteiger partial charge in [-0.15, -0.1) is 0 Å². The molecule has 0 bridgehead atoms. The first-order valence-electron chi connectivity index (χ1n) is 5.67. The van der Waals surface area contributed by atoms with Crippen molar-refractivity contribution in [2.75, 3.05) is 13.2 Å². The number of nitrogens with one attached hydrogen (secondary N) is 1. The van der Waals surface area contributed by atoms with Crippen LogP contribution in [-0.4, -0.2) is 13.2 Å². The number of benzene rings is 1. The van der Waals surface area contributed by atoms with E-state index in [0.29, 0.717) is 0 Å². The fourth-order valence-corrected chi connectivity index (χ4v) is 1.43. The minimum absolute atomic E-state index is 0.103. The van der Waals surface area contributed by atoms with Crippen LogP contribution in [-0.2, 0) is 6.54 Å². The molecule has 0 heterocycles. The average Bonchev–Trinajstić information content (AvgIpc) is 2.33. The van der Waals surface area contributed by atoms with Crippen molar-refractivity contribution in [2.45, 2.75) is 26.3 Å². The summed E-state index contributed by atoms with van der Waals surface area (Å²) in [7, 11) is 0. The number of ether oxygens (including phenoxy) is 1. The van der Waals surface area contributed by atoms with Crippen LogP contribution in [0.2, 0.25) is 0 Å². The number of unbranched alkanes of at least 4 members (excludes halogenated alkanes) is 1. The van der Waals surface area contributed by atoms with E-state index in [1.807, 2.05) is 30.3 Å². The quantitative estimate of drug-likeness (QED) is 0.715. The van der Waals surface area contributed by atoms with Crippen molar-refractivity contribution >= 4 is 0 Å². The van der Waals surface area contributed by atoms with Crippen LogP contribution < -0.4 is 10.1 Å². The Morgan fingerprint density at radius 2 is 2.19 bits per heavy atom. The predicted octanol–water partition coefficient (Wildman–Crippen LogP) is 2.48. The van der Waals surface area contributed by atoms with E-state index >= 15 is 0 Å². The molecule has 3 nitrogen and oxygen atoms in total. The minimum atomic E-state index is 0.103. The number of rotatable bonds is 7. The van der Waals surface area contributed by atoms with Crippen molar-refractivity contribution in [3.63, 3.8) is 0 Å². The van der Waals surface area contributed by atoms with E-state index in [0.717, 1.165) is 24.4 Å². The van der Waals surface area contributed by atoms with E-state index in [4.69, 9.17) is 10.00 Å². The summed E-state index contributed by atoms with van der Waals surface area (Å²) in [6, 6.07) is 9.79. The molecule has 3 heteroatoms. The highest BCUT2D eigenvalue weighted by atomic mass is 16.5. The van der Waals surface area contributed by atoms with Crippen molar-refractivity contribution < 1.29 is 4.74 Å². The van der Waals surface area contributed by atoms with Gasteiger partial charge in [0, 0.05) is 12.1 Å². The largest absolute Gasteiger partial charge is 0.478 e. The number of nitrogens with zero attached hydrogens (tertiary/aromatic N) is 1. The SMILES string of the molecule is CCCCNCc1ccccc1OCC#N. The summed E-state index contributed by atoms with van der Waals surface area (Å²) in [6.07, 6.45) is 2.38. The van der Waals surface area contributed by atoms with Crippen molar-refractivity contribution in [2.24, 2.45) is 0 Å². The molecule has 0 fully saturated rings. The maximum Gasteiger partial charge on any atom is 0.174 e. The highest BCUT2D eigenvalue weighted by Crippen LogP contribution is 2.17. The zero-order valence-electron chi connectivity index (χ0n) is 9.70. The second kappa shape index (κ2) is 7.72. The van der Waals surface area contributed by atoms with Gasteiger partial charge in [-0.3, -0.25) is 0 Å². The number of nitriles is 1. The van der Waals surface area contributed by atoms with E-state index in [1.54, 1.807) is 0 Å². The molecular weight excluding hydrogens is 200 g/mol. The highest BCUT2D eigenvalue weighted by molar-refractivity contribution is 5.33. The molecule has 0 radical (unpaired) electrons. The Morgan fingerprint density at radius 1 is 1.38 bits per heavy atom. The Hall–Kier alpha value is -1.53. The van der Waals surface area contributed by atoms with Crippen molar-refractivity contribution in [3.8, 4) is 11.8 Å². The van der Waals surface area contributed by atoms with Crippen molar-refractivity contribution in [3.05, 3.63) is 29.8 Å². The second-order valence-electron chi connectivity index (χ2n) is 3.58. The first kappa shape index (κ1) is 12.5. The van der Waals surface area contributed by atoms with Gasteiger partial charge in [-0.25, -0.2) is 0 Å². The smallest absolute Gasteiger partial charge is 0.174 e. The highest BCUT2D eigenvalue weighted by Gasteiger charge is 2.01. The van der Waals surface area contributed by atoms with Crippen LogP contribution in [0, 0.1) is 11.3 Å². The average molecular weight is 218 g/mol. The predicted molar refractivity (Wildman–Crippen MR) is 64.2 cm³/mol. The molecule has 0 aromatic heterocycles. The molecule has 0 aliphatic rings. The van der Waals surface area contributed by atoms with Crippen molar-refractivity contribution in [1.29, 1.82) is 5.26 Å². The van der Waals surface area contributed by atoms with Crippen LogP contribution in [0.15, 0.2) is 24.3 Å². The maximum absolute atomic E-state index is 8.47. The lowest BCUT2D eigenvalue weighted by Gasteiger charge is -2.09. The lowest BCUT2D eigenvalue weighted by molar-refractivity contribution is 0.362. The van der Waals surface area contributed by atoms with E-state index < -0.39 is 0 Å². The molecule has 1 aromatic rings. The van der Waals surface area contributed by atoms with E-state index in [2.05, 4.69) is 12.2 Å². The van der Waals surface area contributed by atoms with Gasteiger partial charge in [-0.1, -0.05) is 31.5 Å². The Morgan fingerprint density at radius 3 is 2.94 bits per heavy atom. The Labute approximate surface area is 97.0 Å². The number of para-hydroxylation sites is 1. The fourth-order valence-electron chi connectivity index (χ4n) is 1.43. The Kier molecular flexibility index (Phi) is 6.05. The molecule has 16 heavy (non-hydrogen) atoms. The van der Waals surface area contributed by atoms with Gasteiger partial charge < -0.3 is 10.1 Å². The molecule has 0 atom stereocenters. The molecule has 0 unspecified atom stereocenters. The van der Waals surface area contributed by atoms with Gasteiger partial charge in [0.2, 0.25) is 0 Å². The monoisotopic (exact) mass is 218 g/mol. The molecule has 0 saturated heterocycles. The van der Waals surface area contributed by atoms with Gasteiger partial charge in [-0.2, -0.15) is 5.26 Å². The van der Waals surface area contributed by atoms with Gasteiger partial charge in [-0.05, 0) is 19.0 Å². The van der Waals surface area contributed by atoms with Crippen LogP contribution >= 0.6 is 0 Å². The van der Waals surface area contributed by atoms with Crippen LogP contribution in [0.1, 0.15) is 25.3 Å². The van der Waals surface area contributed by atoms with Gasteiger partial charge in [0.25, 0.3) is 0 Å². The molecule has 0 spiro atoms. The summed E-state index contributed by atoms with van der Waals surface area (Å²) in [5.74, 6) is 0.799. The standard InChI is InChI=1S/C13H18N2O/c1-2-3-9-15-11-12-6-4-5-7-13(12)16-10-8-14/h4-7,15H,2-3,9-11H2,1H3. The molecule has 0 saturated carbocycles. The maximum atomic E-state index is 8.47. The van der Waals surface area contributed by atoms with Crippen LogP contribution in [0.3, 0.4) is 0 Å². The normalized spacial score (nSPS) is 9.75. The summed E-state index contributed by atoms with van der Waals surface area (Å²) in [4.78, 5) is 0. The molecule has 0 aliphatic heterocycles. The first-order valence-corrected chi connectivity index (χ1v) is 5.67. The molecule has 1 aromatic carbocycles. The minimum Gasteiger partial charge on any atom is -0.478 e. The lowest BCUT2D eigenvalue weighted by Crippen LogP contribution is -2.15. The van der Waals surface area contributed by atoms with Gasteiger partial charge in [0.1, 0.15) is 11.8 Å². The summed E-state index contributed by atoms with van der Waals surface area (Å²) < 4.78 is 5.34. The van der Waals surface area contributed by atoms with Crippen LogP contribution in [0.4, 0.5) is 0 Å². The van der Waals surface area contributed by atoms with E-state index in [1.165, 1.54) is 12.8 Å². The topological polar surface area (TPSA) is 45.0 Å². The lowest BCUT2D eigenvalue weighted by atomic mass is 10.2. The zero-order valence-corrected chi connectivity index (χ0v) is 9.70. The van der Waals surface area contributed by atoms with Crippen LogP contribution in [0.25, 0.3) is 0 Å². The molecule has 86 valence electrons. The van der Waals surface area contributed by atoms with Gasteiger partial charge >= 0.3 is 0 Å². The summed E-state index contributed by atoms with van der Waals surface area (Å²) in [6.45, 7) is 4.09. The third-order valence-electron chi connectivity index (χ3n) is 2.29. The van der Waals surface area contributed by atoms with Gasteiger partial charge in [0.15, 0.2) is 6.61 Å². The fraction of sp³-hybridized carbons (Fsp3) is 0.462. The summed E-state index contributed by atoms with van der Waals surface area (Å²) in [5.41, 5.74) is 1.11. The first-order chi connectivity index (χ1) is 7.88. The Balaban J connectivity index is 2.47. The summed E-state index contributed by atoms with van der Waals surface area (Å²) in [5, 5.41) is 11.8. The third kappa shape index (κ3) is 4.33. The van der Waals surface area contributed by atoms with Crippen LogP contribution in [0.5, 0.6) is 5.75 Å². The Bertz CT molecular complexity index is 344. The molecule has 0 amide bonds. The molecular formula is C13H18N2O. The molecule has 1 N–H and O–H groups in total. The van der Waals surface area contributed by atoms with E-state index in [9.17, 15) is 0 Å². The number of hydrogen-bond acceptors (Lipinski definition) is 3. The van der Waals surface area contributed by atoms with E-state index in [-0.39, 0.29) is 6.61 Å². The van der Waals surface area contributed by atoms with Crippen molar-refractivity contribution in [1.82, 2.24) is 5.32 Å². The third-order valence-corrected chi connectivity index (χ3v) is 2.29. The number of hydrogen-bond donors (Lipinski definition) is 1. The molecule has 0 aliphatic carbocycles. The molecule has 1 rings (SSSR count). The summed E-state index contributed by atoms with van der Waals surface area (Å²) >= 11 is 0.